The van der Waals surface area contributed by atoms with Crippen molar-refractivity contribution in [3.8, 4) is 11.5 Å². The number of aliphatic imine (C=N–C) groups is 1. The van der Waals surface area contributed by atoms with Crippen LogP contribution in [0.5, 0.6) is 11.5 Å². The number of rotatable bonds is 4. The van der Waals surface area contributed by atoms with Gasteiger partial charge in [-0.25, -0.2) is 5.01 Å². The van der Waals surface area contributed by atoms with Crippen molar-refractivity contribution in [1.82, 2.24) is 5.01 Å². The number of nitrogens with zero attached hydrogens (tertiary/aromatic N) is 3. The minimum atomic E-state index is -0.309. The lowest BCUT2D eigenvalue weighted by molar-refractivity contribution is -0.113. The highest BCUT2D eigenvalue weighted by atomic mass is 35.5. The number of ether oxygens (including phenoxy) is 1. The molecule has 0 saturated carbocycles. The SMILES string of the molecule is COc1ccc(C2=NN(C3=NC(=O)/C(=C/c4ccc(O)cc4)S3)C(c3ccc(Cl)cc3)C2)cc1. The summed E-state index contributed by atoms with van der Waals surface area (Å²) in [6, 6.07) is 22.0. The second-order valence-corrected chi connectivity index (χ2v) is 9.24. The van der Waals surface area contributed by atoms with Gasteiger partial charge in [0.25, 0.3) is 5.91 Å². The fraction of sp³-hybridized carbons (Fsp3) is 0.115. The van der Waals surface area contributed by atoms with Crippen LogP contribution in [0.2, 0.25) is 5.02 Å². The van der Waals surface area contributed by atoms with Crippen molar-refractivity contribution in [2.24, 2.45) is 10.1 Å². The molecule has 1 N–H and O–H groups in total. The van der Waals surface area contributed by atoms with E-state index in [2.05, 4.69) is 4.99 Å². The summed E-state index contributed by atoms with van der Waals surface area (Å²) in [6.07, 6.45) is 2.42. The van der Waals surface area contributed by atoms with Crippen LogP contribution in [0, 0.1) is 0 Å². The molecule has 0 radical (unpaired) electrons. The van der Waals surface area contributed by atoms with Crippen LogP contribution in [0.3, 0.4) is 0 Å². The van der Waals surface area contributed by atoms with E-state index in [0.29, 0.717) is 21.5 Å². The third kappa shape index (κ3) is 4.58. The second kappa shape index (κ2) is 9.37. The molecule has 2 heterocycles. The molecule has 5 rings (SSSR count). The Morgan fingerprint density at radius 3 is 2.44 bits per heavy atom. The molecule has 8 heteroatoms. The van der Waals surface area contributed by atoms with Gasteiger partial charge in [0.1, 0.15) is 11.5 Å². The number of methoxy groups -OCH3 is 1. The number of phenolic OH excluding ortho intramolecular Hbond substituents is 1. The molecule has 1 amide bonds. The number of benzene rings is 3. The summed E-state index contributed by atoms with van der Waals surface area (Å²) >= 11 is 7.40. The molecule has 3 aromatic carbocycles. The van der Waals surface area contributed by atoms with Gasteiger partial charge in [-0.1, -0.05) is 35.9 Å². The first-order chi connectivity index (χ1) is 16.5. The van der Waals surface area contributed by atoms with Crippen LogP contribution in [0.25, 0.3) is 6.08 Å². The maximum absolute atomic E-state index is 12.7. The minimum absolute atomic E-state index is 0.124. The van der Waals surface area contributed by atoms with Gasteiger partial charge in [-0.3, -0.25) is 4.79 Å². The minimum Gasteiger partial charge on any atom is -0.508 e. The number of thioether (sulfide) groups is 1. The quantitative estimate of drug-likeness (QED) is 0.463. The molecule has 0 spiro atoms. The molecule has 0 fully saturated rings. The number of amidine groups is 1. The highest BCUT2D eigenvalue weighted by Crippen LogP contribution is 2.40. The van der Waals surface area contributed by atoms with Crippen LogP contribution in [0.1, 0.15) is 29.2 Å². The maximum Gasteiger partial charge on any atom is 0.286 e. The summed E-state index contributed by atoms with van der Waals surface area (Å²) in [7, 11) is 1.64. The number of carbonyl (C=O) groups excluding carboxylic acids is 1. The van der Waals surface area contributed by atoms with E-state index in [4.69, 9.17) is 21.4 Å². The first-order valence-corrected chi connectivity index (χ1v) is 11.8. The predicted octanol–water partition coefficient (Wildman–Crippen LogP) is 5.88. The molecule has 2 aliphatic heterocycles. The Balaban J connectivity index is 1.47. The van der Waals surface area contributed by atoms with Gasteiger partial charge < -0.3 is 9.84 Å². The summed E-state index contributed by atoms with van der Waals surface area (Å²) in [6.45, 7) is 0. The molecule has 3 aromatic rings. The van der Waals surface area contributed by atoms with Crippen molar-refractivity contribution in [3.05, 3.63) is 99.4 Å². The van der Waals surface area contributed by atoms with Crippen LogP contribution in [-0.2, 0) is 4.79 Å². The number of halogens is 1. The summed E-state index contributed by atoms with van der Waals surface area (Å²) in [4.78, 5) is 17.5. The molecular weight excluding hydrogens is 470 g/mol. The molecule has 1 unspecified atom stereocenters. The lowest BCUT2D eigenvalue weighted by Gasteiger charge is -2.22. The molecule has 0 saturated heterocycles. The zero-order valence-electron chi connectivity index (χ0n) is 18.2. The molecule has 0 aliphatic carbocycles. The third-order valence-electron chi connectivity index (χ3n) is 5.58. The van der Waals surface area contributed by atoms with E-state index in [1.54, 1.807) is 37.5 Å². The van der Waals surface area contributed by atoms with Crippen molar-refractivity contribution >= 4 is 46.2 Å². The van der Waals surface area contributed by atoms with Gasteiger partial charge in [-0.05, 0) is 83.1 Å². The van der Waals surface area contributed by atoms with E-state index in [0.717, 1.165) is 28.2 Å². The molecular formula is C26H20ClN3O3S. The first-order valence-electron chi connectivity index (χ1n) is 10.6. The zero-order valence-corrected chi connectivity index (χ0v) is 19.8. The Morgan fingerprint density at radius 1 is 1.06 bits per heavy atom. The maximum atomic E-state index is 12.7. The summed E-state index contributed by atoms with van der Waals surface area (Å²) in [5.74, 6) is 0.641. The highest BCUT2D eigenvalue weighted by molar-refractivity contribution is 8.18. The van der Waals surface area contributed by atoms with Crippen LogP contribution in [-0.4, -0.2) is 34.0 Å². The molecule has 170 valence electrons. The Bertz CT molecular complexity index is 1320. The van der Waals surface area contributed by atoms with E-state index in [1.165, 1.54) is 11.8 Å². The number of aromatic hydroxyl groups is 1. The molecule has 1 atom stereocenters. The standard InChI is InChI=1S/C26H20ClN3O3S/c1-33-21-12-6-17(7-13-21)22-15-23(18-4-8-19(27)9-5-18)30(29-22)26-28-25(32)24(34-26)14-16-2-10-20(31)11-3-16/h2-14,23,31H,15H2,1H3/b24-14-. The van der Waals surface area contributed by atoms with Gasteiger partial charge in [-0.2, -0.15) is 10.1 Å². The van der Waals surface area contributed by atoms with E-state index in [9.17, 15) is 9.90 Å². The van der Waals surface area contributed by atoms with E-state index in [1.807, 2.05) is 53.5 Å². The zero-order chi connectivity index (χ0) is 23.7. The Labute approximate surface area is 206 Å². The lowest BCUT2D eigenvalue weighted by Crippen LogP contribution is -2.23. The second-order valence-electron chi connectivity index (χ2n) is 7.79. The van der Waals surface area contributed by atoms with Crippen LogP contribution < -0.4 is 4.74 Å². The molecule has 2 aliphatic rings. The monoisotopic (exact) mass is 489 g/mol. The van der Waals surface area contributed by atoms with Crippen LogP contribution in [0.15, 0.2) is 87.8 Å². The fourth-order valence-electron chi connectivity index (χ4n) is 3.81. The number of hydrogen-bond donors (Lipinski definition) is 1. The number of phenols is 1. The first kappa shape index (κ1) is 22.3. The largest absolute Gasteiger partial charge is 0.508 e. The van der Waals surface area contributed by atoms with Crippen molar-refractivity contribution in [1.29, 1.82) is 0 Å². The molecule has 6 nitrogen and oxygen atoms in total. The summed E-state index contributed by atoms with van der Waals surface area (Å²) in [5, 5.41) is 17.4. The van der Waals surface area contributed by atoms with Crippen LogP contribution in [0.4, 0.5) is 0 Å². The van der Waals surface area contributed by atoms with Gasteiger partial charge in [0.05, 0.1) is 23.8 Å². The average molecular weight is 490 g/mol. The van der Waals surface area contributed by atoms with Gasteiger partial charge in [0.2, 0.25) is 0 Å². The third-order valence-corrected chi connectivity index (χ3v) is 6.81. The number of carbonyl (C=O) groups is 1. The summed E-state index contributed by atoms with van der Waals surface area (Å²) in [5.41, 5.74) is 3.72. The van der Waals surface area contributed by atoms with Crippen molar-refractivity contribution in [2.45, 2.75) is 12.5 Å². The molecule has 0 aromatic heterocycles. The Kier molecular flexibility index (Phi) is 6.13. The molecule has 34 heavy (non-hydrogen) atoms. The lowest BCUT2D eigenvalue weighted by atomic mass is 9.98. The Hall–Kier alpha value is -3.55. The number of hydrazone groups is 1. The predicted molar refractivity (Wildman–Crippen MR) is 136 cm³/mol. The van der Waals surface area contributed by atoms with Gasteiger partial charge in [0.15, 0.2) is 5.17 Å². The number of hydrogen-bond acceptors (Lipinski definition) is 6. The molecule has 0 bridgehead atoms. The van der Waals surface area contributed by atoms with Crippen molar-refractivity contribution < 1.29 is 14.6 Å². The van der Waals surface area contributed by atoms with Crippen LogP contribution >= 0.6 is 23.4 Å². The van der Waals surface area contributed by atoms with Gasteiger partial charge in [0, 0.05) is 11.4 Å². The smallest absolute Gasteiger partial charge is 0.286 e. The van der Waals surface area contributed by atoms with Crippen molar-refractivity contribution in [3.63, 3.8) is 0 Å². The topological polar surface area (TPSA) is 74.5 Å². The van der Waals surface area contributed by atoms with E-state index in [-0.39, 0.29) is 17.7 Å². The Morgan fingerprint density at radius 2 is 1.76 bits per heavy atom. The fourth-order valence-corrected chi connectivity index (χ4v) is 4.85. The normalized spacial score (nSPS) is 18.9. The van der Waals surface area contributed by atoms with E-state index >= 15 is 0 Å². The van der Waals surface area contributed by atoms with E-state index < -0.39 is 0 Å². The number of amides is 1. The highest BCUT2D eigenvalue weighted by Gasteiger charge is 2.36. The van der Waals surface area contributed by atoms with Crippen molar-refractivity contribution in [2.75, 3.05) is 7.11 Å². The average Bonchev–Trinajstić information content (AvgIpc) is 3.45. The summed E-state index contributed by atoms with van der Waals surface area (Å²) < 4.78 is 5.27. The van der Waals surface area contributed by atoms with Gasteiger partial charge in [-0.15, -0.1) is 0 Å². The van der Waals surface area contributed by atoms with Gasteiger partial charge >= 0.3 is 0 Å².